The van der Waals surface area contributed by atoms with Crippen LogP contribution in [0.1, 0.15) is 56.2 Å². The summed E-state index contributed by atoms with van der Waals surface area (Å²) in [5, 5.41) is 7.33. The fourth-order valence-electron chi connectivity index (χ4n) is 2.77. The smallest absolute Gasteiger partial charge is 0.328 e. The van der Waals surface area contributed by atoms with Crippen molar-refractivity contribution in [2.75, 3.05) is 0 Å². The first-order valence-corrected chi connectivity index (χ1v) is 10.3. The van der Waals surface area contributed by atoms with Gasteiger partial charge in [0.1, 0.15) is 17.8 Å². The number of hydrogen-bond donors (Lipinski definition) is 3. The van der Waals surface area contributed by atoms with Gasteiger partial charge in [-0.2, -0.15) is 0 Å². The van der Waals surface area contributed by atoms with Crippen molar-refractivity contribution in [3.8, 4) is 0 Å². The van der Waals surface area contributed by atoms with Crippen molar-refractivity contribution in [2.24, 2.45) is 0 Å². The summed E-state index contributed by atoms with van der Waals surface area (Å²) < 4.78 is 19.6. The molecule has 3 amide bonds. The minimum absolute atomic E-state index is 0.0634. The second kappa shape index (κ2) is 11.7. The Kier molecular flexibility index (Phi) is 9.06. The van der Waals surface area contributed by atoms with E-state index in [0.717, 1.165) is 18.9 Å². The highest BCUT2D eigenvalue weighted by molar-refractivity contribution is 6.03. The van der Waals surface area contributed by atoms with Crippen LogP contribution in [0.4, 0.5) is 4.39 Å². The van der Waals surface area contributed by atoms with Crippen LogP contribution >= 0.6 is 0 Å². The second-order valence-corrected chi connectivity index (χ2v) is 7.16. The quantitative estimate of drug-likeness (QED) is 0.368. The Labute approximate surface area is 185 Å². The minimum atomic E-state index is -1.06. The summed E-state index contributed by atoms with van der Waals surface area (Å²) in [4.78, 5) is 53.8. The molecule has 10 heteroatoms. The lowest BCUT2D eigenvalue weighted by atomic mass is 10.2. The van der Waals surface area contributed by atoms with Gasteiger partial charge in [0.05, 0.1) is 18.7 Å². The number of nitrogens with zero attached hydrogens (tertiary/aromatic N) is 1. The molecule has 0 aliphatic carbocycles. The van der Waals surface area contributed by atoms with Crippen molar-refractivity contribution in [3.63, 3.8) is 0 Å². The third-order valence-electron chi connectivity index (χ3n) is 4.53. The van der Waals surface area contributed by atoms with Crippen LogP contribution in [-0.4, -0.2) is 40.8 Å². The molecule has 9 nitrogen and oxygen atoms in total. The second-order valence-electron chi connectivity index (χ2n) is 7.16. The molecule has 0 aromatic carbocycles. The zero-order valence-electron chi connectivity index (χ0n) is 18.2. The number of hydrogen-bond acceptors (Lipinski definition) is 6. The lowest BCUT2D eigenvalue weighted by Gasteiger charge is -2.19. The third kappa shape index (κ3) is 7.00. The van der Waals surface area contributed by atoms with Gasteiger partial charge < -0.3 is 20.7 Å². The van der Waals surface area contributed by atoms with Crippen LogP contribution in [0.15, 0.2) is 36.1 Å². The average Bonchev–Trinajstić information content (AvgIpc) is 2.75. The van der Waals surface area contributed by atoms with Gasteiger partial charge >= 0.3 is 5.97 Å². The fraction of sp³-hybridized carbons (Fsp3) is 0.409. The fourth-order valence-corrected chi connectivity index (χ4v) is 2.77. The van der Waals surface area contributed by atoms with E-state index < -0.39 is 47.3 Å². The zero-order chi connectivity index (χ0) is 23.7. The van der Waals surface area contributed by atoms with Gasteiger partial charge in [-0.25, -0.2) is 14.2 Å². The molecular formula is C22H27FN4O5. The number of carbonyl (C=O) groups excluding carboxylic acids is 4. The number of aromatic nitrogens is 1. The molecule has 2 atom stereocenters. The number of amides is 3. The van der Waals surface area contributed by atoms with Gasteiger partial charge in [0.2, 0.25) is 5.91 Å². The van der Waals surface area contributed by atoms with Gasteiger partial charge in [-0.05, 0) is 38.5 Å². The van der Waals surface area contributed by atoms with Gasteiger partial charge in [-0.1, -0.05) is 25.5 Å². The Morgan fingerprint density at radius 1 is 1.22 bits per heavy atom. The molecule has 0 saturated carbocycles. The van der Waals surface area contributed by atoms with E-state index in [-0.39, 0.29) is 24.4 Å². The van der Waals surface area contributed by atoms with Crippen molar-refractivity contribution in [1.82, 2.24) is 20.9 Å². The number of rotatable bonds is 3. The number of esters is 1. The molecule has 172 valence electrons. The molecule has 0 spiro atoms. The summed E-state index contributed by atoms with van der Waals surface area (Å²) in [6.45, 7) is 4.84. The minimum Gasteiger partial charge on any atom is -0.456 e. The van der Waals surface area contributed by atoms with Crippen LogP contribution in [0.5, 0.6) is 0 Å². The van der Waals surface area contributed by atoms with Crippen LogP contribution in [-0.2, 0) is 25.7 Å². The molecule has 2 rings (SSSR count). The standard InChI is InChI=1S/C22H27FN4O5/c1-4-6-7-8-15-11-18(28)24-12-14-9-10-16(23)19(26-14)21(30)27-17(5-2)20(29)25-13(3)22(31)32-15/h5,7-10,13,15H,4,6,11-12H2,1-3H3,(H,24,28)(H,25,29)(H,27,30)/b8-7+,17-5-/t13-,15+/m0/s1. The van der Waals surface area contributed by atoms with E-state index in [2.05, 4.69) is 20.9 Å². The number of allylic oxidation sites excluding steroid dienone is 2. The molecule has 1 aliphatic rings. The van der Waals surface area contributed by atoms with Crippen LogP contribution in [0, 0.1) is 5.82 Å². The van der Waals surface area contributed by atoms with Gasteiger partial charge in [-0.15, -0.1) is 0 Å². The maximum Gasteiger partial charge on any atom is 0.328 e. The van der Waals surface area contributed by atoms with Gasteiger partial charge in [0.15, 0.2) is 11.5 Å². The van der Waals surface area contributed by atoms with Crippen LogP contribution in [0.3, 0.4) is 0 Å². The molecule has 0 fully saturated rings. The first-order chi connectivity index (χ1) is 15.2. The largest absolute Gasteiger partial charge is 0.456 e. The number of fused-ring (bicyclic) bond motifs is 2. The van der Waals surface area contributed by atoms with E-state index in [1.165, 1.54) is 26.0 Å². The molecule has 1 aromatic heterocycles. The lowest BCUT2D eigenvalue weighted by molar-refractivity contribution is -0.151. The van der Waals surface area contributed by atoms with E-state index in [1.807, 2.05) is 13.0 Å². The van der Waals surface area contributed by atoms with Gasteiger partial charge in [0.25, 0.3) is 11.8 Å². The first-order valence-electron chi connectivity index (χ1n) is 10.3. The Hall–Kier alpha value is -3.56. The zero-order valence-corrected chi connectivity index (χ0v) is 18.2. The van der Waals surface area contributed by atoms with Crippen molar-refractivity contribution < 1.29 is 28.3 Å². The molecular weight excluding hydrogens is 419 g/mol. The summed E-state index contributed by atoms with van der Waals surface area (Å²) in [5.41, 5.74) is -0.461. The van der Waals surface area contributed by atoms with E-state index in [4.69, 9.17) is 4.74 Å². The highest BCUT2D eigenvalue weighted by Gasteiger charge is 2.25. The summed E-state index contributed by atoms with van der Waals surface area (Å²) in [5.74, 6) is -3.76. The van der Waals surface area contributed by atoms with Crippen molar-refractivity contribution >= 4 is 23.7 Å². The number of halogens is 1. The van der Waals surface area contributed by atoms with Crippen molar-refractivity contribution in [1.29, 1.82) is 0 Å². The Bertz CT molecular complexity index is 944. The highest BCUT2D eigenvalue weighted by atomic mass is 19.1. The molecule has 0 radical (unpaired) electrons. The number of carbonyl (C=O) groups is 4. The highest BCUT2D eigenvalue weighted by Crippen LogP contribution is 2.10. The Morgan fingerprint density at radius 3 is 2.66 bits per heavy atom. The van der Waals surface area contributed by atoms with E-state index in [9.17, 15) is 23.6 Å². The van der Waals surface area contributed by atoms with Crippen LogP contribution < -0.4 is 16.0 Å². The van der Waals surface area contributed by atoms with Gasteiger partial charge in [-0.3, -0.25) is 14.4 Å². The SMILES string of the molecule is C/C=C1\NC(=O)c2nc(ccc2F)CNC(=O)C[C@@H](/C=C/CCC)OC(=O)[C@H](C)NC1=O. The Morgan fingerprint density at radius 2 is 1.97 bits per heavy atom. The summed E-state index contributed by atoms with van der Waals surface area (Å²) >= 11 is 0. The van der Waals surface area contributed by atoms with Crippen LogP contribution in [0.2, 0.25) is 0 Å². The molecule has 32 heavy (non-hydrogen) atoms. The molecule has 0 unspecified atom stereocenters. The van der Waals surface area contributed by atoms with E-state index in [0.29, 0.717) is 0 Å². The predicted molar refractivity (Wildman–Crippen MR) is 113 cm³/mol. The molecule has 1 aromatic rings. The predicted octanol–water partition coefficient (Wildman–Crippen LogP) is 1.65. The number of ether oxygens (including phenoxy) is 1. The number of nitrogens with one attached hydrogen (secondary N) is 3. The topological polar surface area (TPSA) is 126 Å². The van der Waals surface area contributed by atoms with Gasteiger partial charge in [0, 0.05) is 0 Å². The Balaban J connectivity index is 2.36. The normalized spacial score (nSPS) is 22.3. The van der Waals surface area contributed by atoms with Crippen LogP contribution in [0.25, 0.3) is 0 Å². The summed E-state index contributed by atoms with van der Waals surface area (Å²) in [6, 6.07) is 1.33. The van der Waals surface area contributed by atoms with E-state index >= 15 is 0 Å². The summed E-state index contributed by atoms with van der Waals surface area (Å²) in [7, 11) is 0. The maximum absolute atomic E-state index is 14.2. The molecule has 0 saturated heterocycles. The molecule has 2 bridgehead atoms. The number of pyridine rings is 1. The van der Waals surface area contributed by atoms with E-state index in [1.54, 1.807) is 6.08 Å². The monoisotopic (exact) mass is 446 g/mol. The average molecular weight is 446 g/mol. The molecule has 3 N–H and O–H groups in total. The van der Waals surface area contributed by atoms with Crippen molar-refractivity contribution in [2.45, 2.75) is 58.7 Å². The molecule has 2 heterocycles. The lowest BCUT2D eigenvalue weighted by Crippen LogP contribution is -2.44. The maximum atomic E-state index is 14.2. The number of unbranched alkanes of at least 4 members (excludes halogenated alkanes) is 1. The molecule has 1 aliphatic heterocycles. The first kappa shape index (κ1) is 24.7. The summed E-state index contributed by atoms with van der Waals surface area (Å²) in [6.07, 6.45) is 5.40. The number of cyclic esters (lactones) is 1. The van der Waals surface area contributed by atoms with Crippen molar-refractivity contribution in [3.05, 3.63) is 53.3 Å². The third-order valence-corrected chi connectivity index (χ3v) is 4.53.